The maximum absolute atomic E-state index is 12.1. The Balaban J connectivity index is 2.90. The highest BCUT2D eigenvalue weighted by Crippen LogP contribution is 2.08. The van der Waals surface area contributed by atoms with Crippen molar-refractivity contribution in [3.8, 4) is 0 Å². The molecule has 0 saturated carbocycles. The highest BCUT2D eigenvalue weighted by Gasteiger charge is 2.15. The van der Waals surface area contributed by atoms with Gasteiger partial charge in [0.2, 0.25) is 0 Å². The average molecular weight is 236 g/mol. The van der Waals surface area contributed by atoms with Crippen molar-refractivity contribution >= 4 is 5.91 Å². The molecule has 1 atom stereocenters. The first kappa shape index (κ1) is 13.6. The van der Waals surface area contributed by atoms with Crippen LogP contribution in [0.3, 0.4) is 0 Å². The molecule has 3 N–H and O–H groups in total. The van der Waals surface area contributed by atoms with Crippen LogP contribution in [0.2, 0.25) is 0 Å². The third-order valence-electron chi connectivity index (χ3n) is 2.68. The minimum atomic E-state index is -0.114. The molecule has 0 aromatic carbocycles. The number of carbonyl (C=O) groups is 1. The zero-order valence-electron chi connectivity index (χ0n) is 10.7. The van der Waals surface area contributed by atoms with E-state index in [9.17, 15) is 4.79 Å². The Hall–Kier alpha value is -1.49. The maximum atomic E-state index is 12.1. The Bertz CT molecular complexity index is 388. The Kier molecular flexibility index (Phi) is 5.03. The van der Waals surface area contributed by atoms with Gasteiger partial charge in [0.15, 0.2) is 0 Å². The summed E-state index contributed by atoms with van der Waals surface area (Å²) in [6, 6.07) is 1.78. The smallest absolute Gasteiger partial charge is 0.253 e. The molecule has 0 aliphatic heterocycles. The number of nitrogens with one attached hydrogen (secondary N) is 1. The van der Waals surface area contributed by atoms with E-state index in [2.05, 4.69) is 15.5 Å². The molecule has 1 unspecified atom stereocenters. The number of amides is 1. The molecule has 0 saturated heterocycles. The van der Waals surface area contributed by atoms with Gasteiger partial charge in [-0.15, -0.1) is 0 Å². The van der Waals surface area contributed by atoms with Crippen LogP contribution in [0, 0.1) is 6.92 Å². The van der Waals surface area contributed by atoms with Gasteiger partial charge in [0.05, 0.1) is 17.0 Å². The number of rotatable bonds is 5. The summed E-state index contributed by atoms with van der Waals surface area (Å²) >= 11 is 0. The second-order valence-electron chi connectivity index (χ2n) is 4.01. The summed E-state index contributed by atoms with van der Waals surface area (Å²) in [6.07, 6.45) is 1.51. The largest absolute Gasteiger partial charge is 0.348 e. The lowest BCUT2D eigenvalue weighted by atomic mass is 10.1. The number of aryl methyl sites for hydroxylation is 2. The van der Waals surface area contributed by atoms with Gasteiger partial charge in [0.25, 0.3) is 5.91 Å². The number of hydrogen-bond acceptors (Lipinski definition) is 4. The van der Waals surface area contributed by atoms with Gasteiger partial charge in [0, 0.05) is 12.6 Å². The van der Waals surface area contributed by atoms with E-state index in [1.165, 1.54) is 0 Å². The van der Waals surface area contributed by atoms with Crippen LogP contribution in [0.1, 0.15) is 42.0 Å². The van der Waals surface area contributed by atoms with E-state index in [0.717, 1.165) is 17.8 Å². The van der Waals surface area contributed by atoms with E-state index in [-0.39, 0.29) is 11.9 Å². The summed E-state index contributed by atoms with van der Waals surface area (Å²) in [5.41, 5.74) is 7.64. The fourth-order valence-electron chi connectivity index (χ4n) is 1.56. The lowest BCUT2D eigenvalue weighted by Gasteiger charge is -2.15. The molecule has 0 fully saturated rings. The third-order valence-corrected chi connectivity index (χ3v) is 2.68. The zero-order valence-corrected chi connectivity index (χ0v) is 10.7. The molecule has 0 aliphatic rings. The van der Waals surface area contributed by atoms with Crippen molar-refractivity contribution in [2.24, 2.45) is 5.73 Å². The second-order valence-corrected chi connectivity index (χ2v) is 4.01. The van der Waals surface area contributed by atoms with Crippen molar-refractivity contribution < 1.29 is 4.79 Å². The van der Waals surface area contributed by atoms with Crippen molar-refractivity contribution in [1.29, 1.82) is 0 Å². The van der Waals surface area contributed by atoms with Crippen LogP contribution in [0.5, 0.6) is 0 Å². The average Bonchev–Trinajstić information content (AvgIpc) is 2.35. The van der Waals surface area contributed by atoms with E-state index >= 15 is 0 Å². The van der Waals surface area contributed by atoms with Crippen LogP contribution in [0.25, 0.3) is 0 Å². The minimum Gasteiger partial charge on any atom is -0.348 e. The molecule has 1 heterocycles. The van der Waals surface area contributed by atoms with Gasteiger partial charge in [-0.3, -0.25) is 4.79 Å². The van der Waals surface area contributed by atoms with E-state index < -0.39 is 0 Å². The van der Waals surface area contributed by atoms with Gasteiger partial charge < -0.3 is 11.1 Å². The fraction of sp³-hybridized carbons (Fsp3) is 0.583. The predicted molar refractivity (Wildman–Crippen MR) is 66.7 cm³/mol. The lowest BCUT2D eigenvalue weighted by molar-refractivity contribution is 0.0935. The van der Waals surface area contributed by atoms with Crippen molar-refractivity contribution in [1.82, 2.24) is 15.5 Å². The topological polar surface area (TPSA) is 80.9 Å². The maximum Gasteiger partial charge on any atom is 0.253 e. The summed E-state index contributed by atoms with van der Waals surface area (Å²) in [5.74, 6) is -0.114. The highest BCUT2D eigenvalue weighted by atomic mass is 16.1. The third kappa shape index (κ3) is 3.49. The van der Waals surface area contributed by atoms with E-state index in [1.807, 2.05) is 20.8 Å². The first-order valence-electron chi connectivity index (χ1n) is 5.96. The standard InChI is InChI=1S/C12H20N4O/c1-4-9(7-13)14-12(17)10-6-8(3)15-16-11(10)5-2/h6,9H,4-5,7,13H2,1-3H3,(H,14,17). The Morgan fingerprint density at radius 1 is 1.47 bits per heavy atom. The Morgan fingerprint density at radius 3 is 2.71 bits per heavy atom. The van der Waals surface area contributed by atoms with Crippen molar-refractivity contribution in [2.45, 2.75) is 39.7 Å². The lowest BCUT2D eigenvalue weighted by Crippen LogP contribution is -2.40. The number of aromatic nitrogens is 2. The van der Waals surface area contributed by atoms with E-state index in [1.54, 1.807) is 6.07 Å². The molecule has 1 aromatic heterocycles. The van der Waals surface area contributed by atoms with Crippen LogP contribution >= 0.6 is 0 Å². The molecule has 0 spiro atoms. The molecule has 0 radical (unpaired) electrons. The Labute approximate surface area is 102 Å². The molecule has 94 valence electrons. The van der Waals surface area contributed by atoms with Crippen molar-refractivity contribution in [3.63, 3.8) is 0 Å². The van der Waals surface area contributed by atoms with E-state index in [4.69, 9.17) is 5.73 Å². The van der Waals surface area contributed by atoms with Gasteiger partial charge in [-0.1, -0.05) is 13.8 Å². The molecule has 1 rings (SSSR count). The molecule has 0 aliphatic carbocycles. The molecular weight excluding hydrogens is 216 g/mol. The molecular formula is C12H20N4O. The minimum absolute atomic E-state index is 0.0145. The van der Waals surface area contributed by atoms with Crippen LogP contribution in [-0.4, -0.2) is 28.7 Å². The molecule has 5 heteroatoms. The number of nitrogens with two attached hydrogens (primary N) is 1. The van der Waals surface area contributed by atoms with Crippen molar-refractivity contribution in [2.75, 3.05) is 6.54 Å². The summed E-state index contributed by atoms with van der Waals surface area (Å²) < 4.78 is 0. The molecule has 1 aromatic rings. The van der Waals surface area contributed by atoms with Gasteiger partial charge in [-0.2, -0.15) is 10.2 Å². The highest BCUT2D eigenvalue weighted by molar-refractivity contribution is 5.95. The summed E-state index contributed by atoms with van der Waals surface area (Å²) in [7, 11) is 0. The first-order chi connectivity index (χ1) is 8.12. The van der Waals surface area contributed by atoms with Gasteiger partial charge in [0.1, 0.15) is 0 Å². The number of hydrogen-bond donors (Lipinski definition) is 2. The van der Waals surface area contributed by atoms with Crippen LogP contribution in [-0.2, 0) is 6.42 Å². The van der Waals surface area contributed by atoms with Gasteiger partial charge in [-0.25, -0.2) is 0 Å². The van der Waals surface area contributed by atoms with Gasteiger partial charge >= 0.3 is 0 Å². The quantitative estimate of drug-likeness (QED) is 0.793. The summed E-state index contributed by atoms with van der Waals surface area (Å²) in [4.78, 5) is 12.1. The predicted octanol–water partition coefficient (Wildman–Crippen LogP) is 0.815. The Morgan fingerprint density at radius 2 is 2.18 bits per heavy atom. The monoisotopic (exact) mass is 236 g/mol. The molecule has 0 bridgehead atoms. The SMILES string of the molecule is CCc1nnc(C)cc1C(=O)NC(CC)CN. The summed E-state index contributed by atoms with van der Waals surface area (Å²) in [6.45, 7) is 6.22. The van der Waals surface area contributed by atoms with E-state index in [0.29, 0.717) is 18.5 Å². The zero-order chi connectivity index (χ0) is 12.8. The number of carbonyl (C=O) groups excluding carboxylic acids is 1. The summed E-state index contributed by atoms with van der Waals surface area (Å²) in [5, 5.41) is 10.9. The molecule has 1 amide bonds. The van der Waals surface area contributed by atoms with Crippen LogP contribution in [0.4, 0.5) is 0 Å². The second kappa shape index (κ2) is 6.30. The molecule has 17 heavy (non-hydrogen) atoms. The molecule has 5 nitrogen and oxygen atoms in total. The fourth-order valence-corrected chi connectivity index (χ4v) is 1.56. The van der Waals surface area contributed by atoms with Crippen LogP contribution < -0.4 is 11.1 Å². The first-order valence-corrected chi connectivity index (χ1v) is 5.96. The normalized spacial score (nSPS) is 12.2. The van der Waals surface area contributed by atoms with Gasteiger partial charge in [-0.05, 0) is 25.8 Å². The van der Waals surface area contributed by atoms with Crippen molar-refractivity contribution in [3.05, 3.63) is 23.0 Å². The number of nitrogens with zero attached hydrogens (tertiary/aromatic N) is 2. The van der Waals surface area contributed by atoms with Crippen LogP contribution in [0.15, 0.2) is 6.07 Å².